The first-order valence-electron chi connectivity index (χ1n) is 4.58. The van der Waals surface area contributed by atoms with Gasteiger partial charge >= 0.3 is 5.82 Å². The molecule has 0 radical (unpaired) electrons. The van der Waals surface area contributed by atoms with Gasteiger partial charge in [0, 0.05) is 0 Å². The highest BCUT2D eigenvalue weighted by Gasteiger charge is 2.14. The number of nitro groups is 1. The fourth-order valence-electron chi connectivity index (χ4n) is 1.23. The van der Waals surface area contributed by atoms with Gasteiger partial charge in [0.25, 0.3) is 0 Å². The van der Waals surface area contributed by atoms with E-state index < -0.39 is 20.8 Å². The summed E-state index contributed by atoms with van der Waals surface area (Å²) >= 11 is 0. The van der Waals surface area contributed by atoms with Crippen LogP contribution in [0.4, 0.5) is 5.82 Å². The van der Waals surface area contributed by atoms with Crippen LogP contribution in [0.3, 0.4) is 0 Å². The van der Waals surface area contributed by atoms with Crippen LogP contribution >= 0.6 is 0 Å². The number of hydrogen-bond donors (Lipinski definition) is 1. The average Bonchev–Trinajstić information content (AvgIpc) is 2.77. The quantitative estimate of drug-likeness (QED) is 0.606. The first-order chi connectivity index (χ1) is 8.38. The number of nitrogens with two attached hydrogens (primary N) is 1. The highest BCUT2D eigenvalue weighted by molar-refractivity contribution is 7.89. The zero-order valence-corrected chi connectivity index (χ0v) is 9.61. The fourth-order valence-corrected chi connectivity index (χ4v) is 1.75. The lowest BCUT2D eigenvalue weighted by Crippen LogP contribution is -2.12. The molecule has 0 unspecified atom stereocenters. The molecule has 1 aromatic carbocycles. The Kier molecular flexibility index (Phi) is 2.80. The van der Waals surface area contributed by atoms with Gasteiger partial charge in [-0.3, -0.25) is 0 Å². The molecule has 0 amide bonds. The molecular formula is C8H7N5O4S. The number of rotatable bonds is 3. The van der Waals surface area contributed by atoms with E-state index in [1.165, 1.54) is 24.3 Å². The molecule has 1 heterocycles. The van der Waals surface area contributed by atoms with Crippen LogP contribution in [0.1, 0.15) is 0 Å². The van der Waals surface area contributed by atoms with E-state index in [0.29, 0.717) is 5.69 Å². The van der Waals surface area contributed by atoms with E-state index in [0.717, 1.165) is 11.0 Å². The van der Waals surface area contributed by atoms with Gasteiger partial charge in [0.15, 0.2) is 6.20 Å². The lowest BCUT2D eigenvalue weighted by Gasteiger charge is -1.98. The van der Waals surface area contributed by atoms with Crippen LogP contribution < -0.4 is 5.14 Å². The van der Waals surface area contributed by atoms with Gasteiger partial charge < -0.3 is 10.1 Å². The Morgan fingerprint density at radius 1 is 1.28 bits per heavy atom. The van der Waals surface area contributed by atoms with Crippen molar-refractivity contribution < 1.29 is 13.3 Å². The highest BCUT2D eigenvalue weighted by atomic mass is 32.2. The van der Waals surface area contributed by atoms with Gasteiger partial charge in [0.05, 0.1) is 9.99 Å². The summed E-state index contributed by atoms with van der Waals surface area (Å²) in [5.41, 5.74) is 0.385. The molecule has 9 nitrogen and oxygen atoms in total. The third kappa shape index (κ3) is 2.33. The fraction of sp³-hybridized carbons (Fsp3) is 0. The molecule has 0 aliphatic heterocycles. The summed E-state index contributed by atoms with van der Waals surface area (Å²) < 4.78 is 22.0. The second-order valence-corrected chi connectivity index (χ2v) is 4.85. The predicted octanol–water partition coefficient (Wildman–Crippen LogP) is -0.177. The van der Waals surface area contributed by atoms with E-state index in [-0.39, 0.29) is 4.90 Å². The third-order valence-electron chi connectivity index (χ3n) is 2.06. The lowest BCUT2D eigenvalue weighted by molar-refractivity contribution is -0.389. The molecule has 0 bridgehead atoms. The van der Waals surface area contributed by atoms with Gasteiger partial charge in [-0.1, -0.05) is 4.80 Å². The van der Waals surface area contributed by atoms with E-state index in [4.69, 9.17) is 5.14 Å². The number of sulfonamides is 1. The minimum absolute atomic E-state index is 0.0621. The van der Waals surface area contributed by atoms with Gasteiger partial charge in [-0.2, -0.15) is 0 Å². The van der Waals surface area contributed by atoms with Crippen LogP contribution in [0.5, 0.6) is 0 Å². The van der Waals surface area contributed by atoms with Crippen molar-refractivity contribution in [1.29, 1.82) is 0 Å². The van der Waals surface area contributed by atoms with Crippen LogP contribution in [0.2, 0.25) is 0 Å². The summed E-state index contributed by atoms with van der Waals surface area (Å²) in [5, 5.41) is 22.6. The normalized spacial score (nSPS) is 11.4. The molecule has 2 N–H and O–H groups in total. The minimum Gasteiger partial charge on any atom is -0.358 e. The summed E-state index contributed by atoms with van der Waals surface area (Å²) in [5.74, 6) is -0.398. The van der Waals surface area contributed by atoms with E-state index >= 15 is 0 Å². The van der Waals surface area contributed by atoms with Crippen molar-refractivity contribution in [2.75, 3.05) is 0 Å². The van der Waals surface area contributed by atoms with Crippen LogP contribution in [-0.4, -0.2) is 28.3 Å². The monoisotopic (exact) mass is 269 g/mol. The highest BCUT2D eigenvalue weighted by Crippen LogP contribution is 2.12. The Balaban J connectivity index is 2.37. The zero-order chi connectivity index (χ0) is 13.3. The molecule has 0 saturated carbocycles. The maximum absolute atomic E-state index is 11.0. The smallest absolute Gasteiger partial charge is 0.358 e. The molecular weight excluding hydrogens is 262 g/mol. The number of hydrogen-bond acceptors (Lipinski definition) is 6. The number of benzene rings is 1. The van der Waals surface area contributed by atoms with Crippen LogP contribution in [0.25, 0.3) is 5.69 Å². The summed E-state index contributed by atoms with van der Waals surface area (Å²) in [6.07, 6.45) is 0.994. The van der Waals surface area contributed by atoms with Crippen LogP contribution in [0.15, 0.2) is 35.4 Å². The Morgan fingerprint density at radius 2 is 1.89 bits per heavy atom. The first kappa shape index (κ1) is 12.1. The number of primary sulfonamides is 1. The lowest BCUT2D eigenvalue weighted by atomic mass is 10.3. The molecule has 2 aromatic rings. The van der Waals surface area contributed by atoms with E-state index in [1.807, 2.05) is 0 Å². The number of aromatic nitrogens is 3. The van der Waals surface area contributed by atoms with Crippen LogP contribution in [0, 0.1) is 10.1 Å². The van der Waals surface area contributed by atoms with E-state index in [9.17, 15) is 18.5 Å². The molecule has 0 saturated heterocycles. The predicted molar refractivity (Wildman–Crippen MR) is 59.4 cm³/mol. The molecule has 0 fully saturated rings. The summed E-state index contributed by atoms with van der Waals surface area (Å²) in [7, 11) is -3.77. The molecule has 0 aliphatic carbocycles. The van der Waals surface area contributed by atoms with Crippen LogP contribution in [-0.2, 0) is 10.0 Å². The van der Waals surface area contributed by atoms with Crippen molar-refractivity contribution >= 4 is 15.8 Å². The summed E-state index contributed by atoms with van der Waals surface area (Å²) in [4.78, 5) is 10.7. The second-order valence-electron chi connectivity index (χ2n) is 3.29. The van der Waals surface area contributed by atoms with Crippen molar-refractivity contribution in [3.05, 3.63) is 40.6 Å². The molecule has 0 atom stereocenters. The van der Waals surface area contributed by atoms with E-state index in [2.05, 4.69) is 10.2 Å². The standard InChI is InChI=1S/C8H7N5O4S/c9-18(16,17)7-3-1-6(2-4-7)12-10-5-8(11-12)13(14)15/h1-5H,(H2,9,16,17). The number of nitrogens with zero attached hydrogens (tertiary/aromatic N) is 4. The van der Waals surface area contributed by atoms with Crippen molar-refractivity contribution in [1.82, 2.24) is 15.0 Å². The zero-order valence-electron chi connectivity index (χ0n) is 8.79. The molecule has 18 heavy (non-hydrogen) atoms. The van der Waals surface area contributed by atoms with Gasteiger partial charge in [0.2, 0.25) is 10.0 Å². The van der Waals surface area contributed by atoms with Crippen molar-refractivity contribution in [3.63, 3.8) is 0 Å². The van der Waals surface area contributed by atoms with Gasteiger partial charge in [-0.15, -0.1) is 5.10 Å². The maximum Gasteiger partial charge on any atom is 0.410 e. The Hall–Kier alpha value is -2.33. The molecule has 0 spiro atoms. The maximum atomic E-state index is 11.0. The molecule has 0 aliphatic rings. The SMILES string of the molecule is NS(=O)(=O)c1ccc(-n2ncc([N+](=O)[O-])n2)cc1. The minimum atomic E-state index is -3.77. The van der Waals surface area contributed by atoms with Crippen molar-refractivity contribution in [2.45, 2.75) is 4.90 Å². The topological polar surface area (TPSA) is 134 Å². The first-order valence-corrected chi connectivity index (χ1v) is 6.12. The summed E-state index contributed by atoms with van der Waals surface area (Å²) in [6, 6.07) is 5.31. The van der Waals surface area contributed by atoms with Crippen molar-refractivity contribution in [2.24, 2.45) is 5.14 Å². The van der Waals surface area contributed by atoms with Gasteiger partial charge in [0.1, 0.15) is 5.69 Å². The van der Waals surface area contributed by atoms with Gasteiger partial charge in [-0.05, 0) is 29.2 Å². The second kappa shape index (κ2) is 4.16. The van der Waals surface area contributed by atoms with E-state index in [1.54, 1.807) is 0 Å². The molecule has 94 valence electrons. The van der Waals surface area contributed by atoms with Crippen molar-refractivity contribution in [3.8, 4) is 5.69 Å². The largest absolute Gasteiger partial charge is 0.410 e. The Bertz CT molecular complexity index is 691. The molecule has 1 aromatic heterocycles. The third-order valence-corrected chi connectivity index (χ3v) is 2.99. The Labute approximate surface area is 101 Å². The van der Waals surface area contributed by atoms with Gasteiger partial charge in [-0.25, -0.2) is 13.6 Å². The Morgan fingerprint density at radius 3 is 2.33 bits per heavy atom. The molecule has 10 heteroatoms. The summed E-state index contributed by atoms with van der Waals surface area (Å²) in [6.45, 7) is 0. The average molecular weight is 269 g/mol. The molecule has 2 rings (SSSR count).